The zero-order valence-electron chi connectivity index (χ0n) is 11.0. The second kappa shape index (κ2) is 4.95. The zero-order valence-corrected chi connectivity index (χ0v) is 11.8. The van der Waals surface area contributed by atoms with Gasteiger partial charge in [-0.25, -0.2) is 4.98 Å². The van der Waals surface area contributed by atoms with Gasteiger partial charge >= 0.3 is 0 Å². The largest absolute Gasteiger partial charge is 0.369 e. The highest BCUT2D eigenvalue weighted by molar-refractivity contribution is 7.09. The van der Waals surface area contributed by atoms with Crippen LogP contribution in [0.5, 0.6) is 0 Å². The van der Waals surface area contributed by atoms with E-state index in [2.05, 4.69) is 4.98 Å². The van der Waals surface area contributed by atoms with Crippen LogP contribution in [-0.2, 0) is 11.3 Å². The summed E-state index contributed by atoms with van der Waals surface area (Å²) in [6.45, 7) is 7.55. The van der Waals surface area contributed by atoms with Crippen molar-refractivity contribution in [3.05, 3.63) is 16.1 Å². The zero-order chi connectivity index (χ0) is 13.3. The molecule has 6 heteroatoms. The number of aromatic nitrogens is 1. The highest BCUT2D eigenvalue weighted by atomic mass is 32.1. The van der Waals surface area contributed by atoms with Crippen LogP contribution in [0.4, 0.5) is 0 Å². The summed E-state index contributed by atoms with van der Waals surface area (Å²) in [6, 6.07) is 0. The van der Waals surface area contributed by atoms with Crippen LogP contribution in [-0.4, -0.2) is 40.6 Å². The summed E-state index contributed by atoms with van der Waals surface area (Å²) < 4.78 is 5.78. The van der Waals surface area contributed by atoms with Gasteiger partial charge in [-0.3, -0.25) is 4.79 Å². The van der Waals surface area contributed by atoms with Crippen LogP contribution in [0.2, 0.25) is 0 Å². The Morgan fingerprint density at radius 3 is 3.00 bits per heavy atom. The fraction of sp³-hybridized carbons (Fsp3) is 0.667. The number of amides is 1. The molecule has 100 valence electrons. The predicted octanol–water partition coefficient (Wildman–Crippen LogP) is 1.24. The maximum absolute atomic E-state index is 12.3. The van der Waals surface area contributed by atoms with E-state index in [1.165, 1.54) is 11.3 Å². The van der Waals surface area contributed by atoms with Gasteiger partial charge in [0, 0.05) is 25.0 Å². The summed E-state index contributed by atoms with van der Waals surface area (Å²) in [7, 11) is 0. The number of thiazole rings is 1. The Kier molecular flexibility index (Phi) is 3.70. The number of nitrogens with zero attached hydrogens (tertiary/aromatic N) is 2. The quantitative estimate of drug-likeness (QED) is 0.877. The molecule has 1 aliphatic rings. The van der Waals surface area contributed by atoms with E-state index >= 15 is 0 Å². The molecule has 1 amide bonds. The summed E-state index contributed by atoms with van der Waals surface area (Å²) in [5.41, 5.74) is 5.70. The predicted molar refractivity (Wildman–Crippen MR) is 70.5 cm³/mol. The SMILES string of the molecule is C[C@@H]1CN(C(=O)c2csc(CN)n2)CC(C)(C)O1. The summed E-state index contributed by atoms with van der Waals surface area (Å²) in [6.07, 6.45) is 0.0466. The highest BCUT2D eigenvalue weighted by Crippen LogP contribution is 2.22. The van der Waals surface area contributed by atoms with Gasteiger partial charge < -0.3 is 15.4 Å². The number of hydrogen-bond donors (Lipinski definition) is 1. The van der Waals surface area contributed by atoms with Crippen LogP contribution in [0.25, 0.3) is 0 Å². The van der Waals surface area contributed by atoms with Gasteiger partial charge in [-0.15, -0.1) is 11.3 Å². The van der Waals surface area contributed by atoms with Crippen molar-refractivity contribution in [1.82, 2.24) is 9.88 Å². The molecule has 2 rings (SSSR count). The molecule has 1 aromatic rings. The smallest absolute Gasteiger partial charge is 0.273 e. The molecule has 0 unspecified atom stereocenters. The van der Waals surface area contributed by atoms with Crippen LogP contribution >= 0.6 is 11.3 Å². The minimum Gasteiger partial charge on any atom is -0.369 e. The molecule has 1 aromatic heterocycles. The van der Waals surface area contributed by atoms with Crippen LogP contribution in [0, 0.1) is 0 Å². The monoisotopic (exact) mass is 269 g/mol. The van der Waals surface area contributed by atoms with Gasteiger partial charge in [-0.1, -0.05) is 0 Å². The third-order valence-corrected chi connectivity index (χ3v) is 3.67. The van der Waals surface area contributed by atoms with E-state index in [0.29, 0.717) is 25.3 Å². The van der Waals surface area contributed by atoms with E-state index in [4.69, 9.17) is 10.5 Å². The van der Waals surface area contributed by atoms with Gasteiger partial charge in [-0.2, -0.15) is 0 Å². The fourth-order valence-corrected chi connectivity index (χ4v) is 2.92. The van der Waals surface area contributed by atoms with E-state index in [1.54, 1.807) is 5.38 Å². The molecule has 2 heterocycles. The lowest BCUT2D eigenvalue weighted by molar-refractivity contribution is -0.118. The van der Waals surface area contributed by atoms with E-state index < -0.39 is 0 Å². The summed E-state index contributed by atoms with van der Waals surface area (Å²) in [4.78, 5) is 18.4. The number of hydrogen-bond acceptors (Lipinski definition) is 5. The van der Waals surface area contributed by atoms with Crippen molar-refractivity contribution < 1.29 is 9.53 Å². The molecule has 1 aliphatic heterocycles. The second-order valence-electron chi connectivity index (χ2n) is 5.20. The van der Waals surface area contributed by atoms with E-state index in [-0.39, 0.29) is 17.6 Å². The van der Waals surface area contributed by atoms with Gasteiger partial charge in [0.1, 0.15) is 10.7 Å². The average molecular weight is 269 g/mol. The molecule has 0 radical (unpaired) electrons. The lowest BCUT2D eigenvalue weighted by Gasteiger charge is -2.41. The topological polar surface area (TPSA) is 68.5 Å². The van der Waals surface area contributed by atoms with Crippen molar-refractivity contribution in [3.8, 4) is 0 Å². The standard InChI is InChI=1S/C12H19N3O2S/c1-8-5-15(7-12(2,3)17-8)11(16)9-6-18-10(4-13)14-9/h6,8H,4-5,7,13H2,1-3H3/t8-/m1/s1. The van der Waals surface area contributed by atoms with Crippen LogP contribution < -0.4 is 5.73 Å². The first-order valence-electron chi connectivity index (χ1n) is 6.03. The number of ether oxygens (including phenoxy) is 1. The summed E-state index contributed by atoms with van der Waals surface area (Å²) in [5, 5.41) is 2.57. The Labute approximate surface area is 111 Å². The molecule has 0 aliphatic carbocycles. The Hall–Kier alpha value is -0.980. The Bertz CT molecular complexity index is 444. The Morgan fingerprint density at radius 2 is 2.44 bits per heavy atom. The molecule has 18 heavy (non-hydrogen) atoms. The maximum atomic E-state index is 12.3. The van der Waals surface area contributed by atoms with E-state index in [9.17, 15) is 4.79 Å². The molecule has 0 spiro atoms. The first-order chi connectivity index (χ1) is 8.41. The molecule has 2 N–H and O–H groups in total. The highest BCUT2D eigenvalue weighted by Gasteiger charge is 2.34. The van der Waals surface area contributed by atoms with Crippen molar-refractivity contribution in [3.63, 3.8) is 0 Å². The van der Waals surface area contributed by atoms with E-state index in [1.807, 2.05) is 25.7 Å². The number of carbonyl (C=O) groups is 1. The first-order valence-corrected chi connectivity index (χ1v) is 6.91. The van der Waals surface area contributed by atoms with Crippen molar-refractivity contribution in [1.29, 1.82) is 0 Å². The van der Waals surface area contributed by atoms with Crippen molar-refractivity contribution >= 4 is 17.2 Å². The Morgan fingerprint density at radius 1 is 1.72 bits per heavy atom. The molecule has 0 saturated carbocycles. The van der Waals surface area contributed by atoms with Crippen molar-refractivity contribution in [2.75, 3.05) is 13.1 Å². The number of morpholine rings is 1. The molecule has 1 atom stereocenters. The molecular weight excluding hydrogens is 250 g/mol. The van der Waals surface area contributed by atoms with Crippen LogP contribution in [0.3, 0.4) is 0 Å². The third-order valence-electron chi connectivity index (χ3n) is 2.80. The van der Waals surface area contributed by atoms with Gasteiger partial charge in [-0.05, 0) is 20.8 Å². The average Bonchev–Trinajstić information content (AvgIpc) is 2.73. The van der Waals surface area contributed by atoms with Crippen LogP contribution in [0.15, 0.2) is 5.38 Å². The lowest BCUT2D eigenvalue weighted by atomic mass is 10.1. The molecule has 0 aromatic carbocycles. The molecule has 0 bridgehead atoms. The number of nitrogens with two attached hydrogens (primary N) is 1. The minimum absolute atomic E-state index is 0.0332. The fourth-order valence-electron chi connectivity index (χ4n) is 2.27. The molecule has 1 fully saturated rings. The summed E-state index contributed by atoms with van der Waals surface area (Å²) >= 11 is 1.43. The lowest BCUT2D eigenvalue weighted by Crippen LogP contribution is -2.53. The second-order valence-corrected chi connectivity index (χ2v) is 6.15. The van der Waals surface area contributed by atoms with Gasteiger partial charge in [0.15, 0.2) is 0 Å². The van der Waals surface area contributed by atoms with Crippen LogP contribution in [0.1, 0.15) is 36.3 Å². The molecule has 1 saturated heterocycles. The van der Waals surface area contributed by atoms with Gasteiger partial charge in [0.05, 0.1) is 11.7 Å². The van der Waals surface area contributed by atoms with Crippen molar-refractivity contribution in [2.45, 2.75) is 39.0 Å². The first kappa shape index (κ1) is 13.5. The molecule has 5 nitrogen and oxygen atoms in total. The minimum atomic E-state index is -0.306. The normalized spacial score (nSPS) is 23.1. The van der Waals surface area contributed by atoms with Crippen molar-refractivity contribution in [2.24, 2.45) is 5.73 Å². The summed E-state index contributed by atoms with van der Waals surface area (Å²) in [5.74, 6) is -0.0332. The Balaban J connectivity index is 2.13. The van der Waals surface area contributed by atoms with E-state index in [0.717, 1.165) is 5.01 Å². The third kappa shape index (κ3) is 2.88. The number of carbonyl (C=O) groups excluding carboxylic acids is 1. The van der Waals surface area contributed by atoms with Gasteiger partial charge in [0.2, 0.25) is 0 Å². The van der Waals surface area contributed by atoms with Gasteiger partial charge in [0.25, 0.3) is 5.91 Å². The number of rotatable bonds is 2. The maximum Gasteiger partial charge on any atom is 0.273 e. The molecular formula is C12H19N3O2S.